The Balaban J connectivity index is 2.53. The summed E-state index contributed by atoms with van der Waals surface area (Å²) in [4.78, 5) is 12.8. The molecule has 0 heterocycles. The minimum atomic E-state index is -0.394. The SMILES string of the molecule is COC(=O)CCCN(C)c1ccc(OC)c(F)c1. The average Bonchev–Trinajstić information content (AvgIpc) is 2.38. The molecule has 0 aliphatic rings. The predicted molar refractivity (Wildman–Crippen MR) is 67.5 cm³/mol. The zero-order valence-corrected chi connectivity index (χ0v) is 10.9. The highest BCUT2D eigenvalue weighted by atomic mass is 19.1. The number of ether oxygens (including phenoxy) is 2. The summed E-state index contributed by atoms with van der Waals surface area (Å²) < 4.78 is 22.9. The Morgan fingerprint density at radius 3 is 2.67 bits per heavy atom. The van der Waals surface area contributed by atoms with Crippen molar-refractivity contribution in [3.63, 3.8) is 0 Å². The number of benzene rings is 1. The molecule has 0 aliphatic heterocycles. The van der Waals surface area contributed by atoms with Crippen LogP contribution >= 0.6 is 0 Å². The van der Waals surface area contributed by atoms with Crippen LogP contribution in [0.5, 0.6) is 5.75 Å². The lowest BCUT2D eigenvalue weighted by Gasteiger charge is -2.19. The zero-order valence-electron chi connectivity index (χ0n) is 10.9. The van der Waals surface area contributed by atoms with E-state index in [4.69, 9.17) is 4.74 Å². The summed E-state index contributed by atoms with van der Waals surface area (Å²) in [5.74, 6) is -0.402. The Morgan fingerprint density at radius 1 is 1.39 bits per heavy atom. The minimum absolute atomic E-state index is 0.224. The fraction of sp³-hybridized carbons (Fsp3) is 0.462. The topological polar surface area (TPSA) is 38.8 Å². The van der Waals surface area contributed by atoms with Crippen LogP contribution in [-0.2, 0) is 9.53 Å². The van der Waals surface area contributed by atoms with Crippen LogP contribution < -0.4 is 9.64 Å². The van der Waals surface area contributed by atoms with E-state index in [0.717, 1.165) is 5.69 Å². The van der Waals surface area contributed by atoms with Crippen molar-refractivity contribution >= 4 is 11.7 Å². The second-order valence-corrected chi connectivity index (χ2v) is 3.92. The van der Waals surface area contributed by atoms with Gasteiger partial charge in [-0.05, 0) is 18.6 Å². The molecule has 1 aromatic carbocycles. The third-order valence-corrected chi connectivity index (χ3v) is 2.68. The number of hydrogen-bond donors (Lipinski definition) is 0. The summed E-state index contributed by atoms with van der Waals surface area (Å²) in [5, 5.41) is 0. The monoisotopic (exact) mass is 255 g/mol. The van der Waals surface area contributed by atoms with E-state index in [-0.39, 0.29) is 11.7 Å². The normalized spacial score (nSPS) is 10.0. The Labute approximate surface area is 106 Å². The first-order valence-electron chi connectivity index (χ1n) is 5.70. The van der Waals surface area contributed by atoms with Crippen LogP contribution in [0.25, 0.3) is 0 Å². The standard InChI is InChI=1S/C13H18FNO3/c1-15(8-4-5-13(16)18-3)10-6-7-12(17-2)11(14)9-10/h6-7,9H,4-5,8H2,1-3H3. The summed E-state index contributed by atoms with van der Waals surface area (Å²) in [5.41, 5.74) is 0.748. The van der Waals surface area contributed by atoms with Crippen LogP contribution in [0.2, 0.25) is 0 Å². The van der Waals surface area contributed by atoms with Crippen molar-refractivity contribution in [1.82, 2.24) is 0 Å². The van der Waals surface area contributed by atoms with Crippen molar-refractivity contribution in [2.75, 3.05) is 32.7 Å². The Bertz CT molecular complexity index is 409. The summed E-state index contributed by atoms with van der Waals surface area (Å²) >= 11 is 0. The van der Waals surface area contributed by atoms with Crippen molar-refractivity contribution in [1.29, 1.82) is 0 Å². The van der Waals surface area contributed by atoms with Gasteiger partial charge in [0.25, 0.3) is 0 Å². The van der Waals surface area contributed by atoms with Gasteiger partial charge in [0.15, 0.2) is 11.6 Å². The molecule has 5 heteroatoms. The Morgan fingerprint density at radius 2 is 2.11 bits per heavy atom. The predicted octanol–water partition coefficient (Wildman–Crippen LogP) is 2.22. The maximum Gasteiger partial charge on any atom is 0.305 e. The van der Waals surface area contributed by atoms with E-state index in [0.29, 0.717) is 19.4 Å². The number of halogens is 1. The first-order valence-corrected chi connectivity index (χ1v) is 5.70. The molecule has 0 atom stereocenters. The van der Waals surface area contributed by atoms with Crippen molar-refractivity contribution < 1.29 is 18.7 Å². The number of hydrogen-bond acceptors (Lipinski definition) is 4. The summed E-state index contributed by atoms with van der Waals surface area (Å²) in [6.45, 7) is 0.654. The van der Waals surface area contributed by atoms with Crippen molar-refractivity contribution in [3.8, 4) is 5.75 Å². The highest BCUT2D eigenvalue weighted by Crippen LogP contribution is 2.22. The van der Waals surface area contributed by atoms with E-state index in [1.807, 2.05) is 11.9 Å². The molecule has 4 nitrogen and oxygen atoms in total. The van der Waals surface area contributed by atoms with Crippen LogP contribution in [0.15, 0.2) is 18.2 Å². The van der Waals surface area contributed by atoms with Gasteiger partial charge in [-0.15, -0.1) is 0 Å². The lowest BCUT2D eigenvalue weighted by atomic mass is 10.2. The van der Waals surface area contributed by atoms with E-state index in [1.54, 1.807) is 12.1 Å². The summed E-state index contributed by atoms with van der Waals surface area (Å²) in [7, 11) is 4.64. The molecule has 0 bridgehead atoms. The van der Waals surface area contributed by atoms with Crippen LogP contribution in [0.1, 0.15) is 12.8 Å². The van der Waals surface area contributed by atoms with Gasteiger partial charge in [-0.3, -0.25) is 4.79 Å². The van der Waals surface area contributed by atoms with E-state index in [2.05, 4.69) is 4.74 Å². The van der Waals surface area contributed by atoms with E-state index >= 15 is 0 Å². The molecule has 0 spiro atoms. The van der Waals surface area contributed by atoms with Gasteiger partial charge in [0.1, 0.15) is 0 Å². The molecule has 0 saturated carbocycles. The maximum atomic E-state index is 13.5. The van der Waals surface area contributed by atoms with Crippen LogP contribution in [0.3, 0.4) is 0 Å². The lowest BCUT2D eigenvalue weighted by Crippen LogP contribution is -2.19. The van der Waals surface area contributed by atoms with Gasteiger partial charge in [0.2, 0.25) is 0 Å². The third-order valence-electron chi connectivity index (χ3n) is 2.68. The molecular weight excluding hydrogens is 237 g/mol. The van der Waals surface area contributed by atoms with Crippen molar-refractivity contribution in [2.45, 2.75) is 12.8 Å². The van der Waals surface area contributed by atoms with E-state index in [9.17, 15) is 9.18 Å². The van der Waals surface area contributed by atoms with E-state index < -0.39 is 5.82 Å². The molecule has 0 aliphatic carbocycles. The molecule has 1 rings (SSSR count). The molecule has 0 aromatic heterocycles. The number of carbonyl (C=O) groups excluding carboxylic acids is 1. The second kappa shape index (κ2) is 6.83. The summed E-state index contributed by atoms with van der Waals surface area (Å²) in [6, 6.07) is 4.78. The highest BCUT2D eigenvalue weighted by molar-refractivity contribution is 5.69. The number of nitrogens with zero attached hydrogens (tertiary/aromatic N) is 1. The smallest absolute Gasteiger partial charge is 0.305 e. The molecule has 0 N–H and O–H groups in total. The fourth-order valence-corrected chi connectivity index (χ4v) is 1.58. The fourth-order valence-electron chi connectivity index (χ4n) is 1.58. The van der Waals surface area contributed by atoms with Crippen LogP contribution in [0, 0.1) is 5.82 Å². The van der Waals surface area contributed by atoms with Gasteiger partial charge in [0, 0.05) is 31.8 Å². The number of carbonyl (C=O) groups is 1. The zero-order chi connectivity index (χ0) is 13.5. The summed E-state index contributed by atoms with van der Waals surface area (Å²) in [6.07, 6.45) is 1.02. The van der Waals surface area contributed by atoms with Gasteiger partial charge in [0.05, 0.1) is 14.2 Å². The molecule has 1 aromatic rings. The quantitative estimate of drug-likeness (QED) is 0.731. The van der Waals surface area contributed by atoms with Gasteiger partial charge >= 0.3 is 5.97 Å². The van der Waals surface area contributed by atoms with Gasteiger partial charge in [-0.2, -0.15) is 0 Å². The molecule has 0 saturated heterocycles. The van der Waals surface area contributed by atoms with Gasteiger partial charge < -0.3 is 14.4 Å². The molecule has 100 valence electrons. The molecular formula is C13H18FNO3. The highest BCUT2D eigenvalue weighted by Gasteiger charge is 2.07. The minimum Gasteiger partial charge on any atom is -0.494 e. The van der Waals surface area contributed by atoms with Gasteiger partial charge in [-0.1, -0.05) is 0 Å². The Hall–Kier alpha value is -1.78. The third kappa shape index (κ3) is 3.91. The van der Waals surface area contributed by atoms with Gasteiger partial charge in [-0.25, -0.2) is 4.39 Å². The van der Waals surface area contributed by atoms with Crippen molar-refractivity contribution in [3.05, 3.63) is 24.0 Å². The lowest BCUT2D eigenvalue weighted by molar-refractivity contribution is -0.140. The molecule has 0 amide bonds. The molecule has 0 unspecified atom stereocenters. The Kier molecular flexibility index (Phi) is 5.42. The van der Waals surface area contributed by atoms with Crippen LogP contribution in [-0.4, -0.2) is 33.8 Å². The number of methoxy groups -OCH3 is 2. The molecule has 0 radical (unpaired) electrons. The van der Waals surface area contributed by atoms with E-state index in [1.165, 1.54) is 20.3 Å². The first-order chi connectivity index (χ1) is 8.58. The molecule has 18 heavy (non-hydrogen) atoms. The first kappa shape index (κ1) is 14.3. The maximum absolute atomic E-state index is 13.5. The largest absolute Gasteiger partial charge is 0.494 e. The number of anilines is 1. The number of rotatable bonds is 6. The molecule has 0 fully saturated rings. The number of esters is 1. The second-order valence-electron chi connectivity index (χ2n) is 3.92. The van der Waals surface area contributed by atoms with Crippen molar-refractivity contribution in [2.24, 2.45) is 0 Å². The van der Waals surface area contributed by atoms with Crippen LogP contribution in [0.4, 0.5) is 10.1 Å². The average molecular weight is 255 g/mol.